The van der Waals surface area contributed by atoms with Crippen LogP contribution in [0.1, 0.15) is 17.3 Å². The number of para-hydroxylation sites is 1. The van der Waals surface area contributed by atoms with Crippen molar-refractivity contribution >= 4 is 38.6 Å². The zero-order valence-corrected chi connectivity index (χ0v) is 16.1. The first-order chi connectivity index (χ1) is 13.6. The van der Waals surface area contributed by atoms with Gasteiger partial charge in [0.25, 0.3) is 5.91 Å². The number of nitrogens with zero attached hydrogens (tertiary/aromatic N) is 2. The van der Waals surface area contributed by atoms with Gasteiger partial charge in [-0.3, -0.25) is 4.79 Å². The smallest absolute Gasteiger partial charge is 0.338 e. The van der Waals surface area contributed by atoms with Gasteiger partial charge < -0.3 is 15.0 Å². The molecule has 142 valence electrons. The van der Waals surface area contributed by atoms with Crippen LogP contribution in [0, 0.1) is 11.3 Å². The predicted octanol–water partition coefficient (Wildman–Crippen LogP) is 3.72. The second kappa shape index (κ2) is 9.02. The molecule has 0 radical (unpaired) electrons. The molecular formula is C21H19N3O3S. The molecule has 1 aliphatic heterocycles. The number of nitriles is 1. The topological polar surface area (TPSA) is 82.4 Å². The molecule has 7 heteroatoms. The Hall–Kier alpha value is -3.37. The third-order valence-corrected chi connectivity index (χ3v) is 5.80. The molecular weight excluding hydrogens is 374 g/mol. The van der Waals surface area contributed by atoms with Crippen molar-refractivity contribution in [3.63, 3.8) is 0 Å². The minimum Gasteiger partial charge on any atom is -0.462 e. The van der Waals surface area contributed by atoms with Crippen LogP contribution in [0.25, 0.3) is 0 Å². The number of benzene rings is 2. The fraction of sp³-hybridized carbons (Fsp3) is 0.143. The van der Waals surface area contributed by atoms with Gasteiger partial charge in [-0.05, 0) is 48.7 Å². The highest BCUT2D eigenvalue weighted by Crippen LogP contribution is 2.30. The Morgan fingerprint density at radius 2 is 1.89 bits per heavy atom. The van der Waals surface area contributed by atoms with Crippen LogP contribution in [0.5, 0.6) is 0 Å². The molecule has 0 aliphatic carbocycles. The summed E-state index contributed by atoms with van der Waals surface area (Å²) in [5.74, 6) is -0.292. The number of hydrogen-bond donors (Lipinski definition) is 1. The van der Waals surface area contributed by atoms with Crippen molar-refractivity contribution in [2.75, 3.05) is 22.7 Å². The summed E-state index contributed by atoms with van der Waals surface area (Å²) in [6.07, 6.45) is 1.90. The molecule has 0 fully saturated rings. The summed E-state index contributed by atoms with van der Waals surface area (Å²) >= 11 is 0. The maximum absolute atomic E-state index is 12.6. The maximum Gasteiger partial charge on any atom is 0.338 e. The maximum atomic E-state index is 12.6. The molecule has 2 aromatic carbocycles. The zero-order chi connectivity index (χ0) is 19.9. The molecule has 0 spiro atoms. The summed E-state index contributed by atoms with van der Waals surface area (Å²) in [5, 5.41) is 14.1. The molecule has 1 aliphatic rings. The molecule has 1 atom stereocenters. The third-order valence-electron chi connectivity index (χ3n) is 3.99. The van der Waals surface area contributed by atoms with E-state index >= 15 is 0 Å². The Balaban J connectivity index is 1.71. The van der Waals surface area contributed by atoms with Crippen LogP contribution >= 0.6 is 10.5 Å². The van der Waals surface area contributed by atoms with Crippen molar-refractivity contribution in [2.45, 2.75) is 6.92 Å². The normalized spacial score (nSPS) is 15.6. The number of nitrogens with one attached hydrogen (secondary N) is 1. The third kappa shape index (κ3) is 4.48. The number of carbonyl (C=O) groups excluding carboxylic acids is 2. The Kier molecular flexibility index (Phi) is 6.25. The van der Waals surface area contributed by atoms with E-state index in [-0.39, 0.29) is 4.86 Å². The summed E-state index contributed by atoms with van der Waals surface area (Å²) in [4.78, 5) is 26.5. The first-order valence-electron chi connectivity index (χ1n) is 8.67. The lowest BCUT2D eigenvalue weighted by Crippen LogP contribution is -2.22. The molecule has 28 heavy (non-hydrogen) atoms. The number of anilines is 2. The fourth-order valence-electron chi connectivity index (χ4n) is 2.62. The van der Waals surface area contributed by atoms with Crippen molar-refractivity contribution < 1.29 is 14.3 Å². The molecule has 1 N–H and O–H groups in total. The van der Waals surface area contributed by atoms with Crippen molar-refractivity contribution in [2.24, 2.45) is 0 Å². The lowest BCUT2D eigenvalue weighted by atomic mass is 10.2. The quantitative estimate of drug-likeness (QED) is 0.618. The fourth-order valence-corrected chi connectivity index (χ4v) is 4.20. The second-order valence-corrected chi connectivity index (χ2v) is 7.64. The van der Waals surface area contributed by atoms with Crippen LogP contribution in [-0.2, 0) is 9.53 Å². The van der Waals surface area contributed by atoms with Gasteiger partial charge in [0.2, 0.25) is 0 Å². The van der Waals surface area contributed by atoms with Gasteiger partial charge in [-0.2, -0.15) is 5.26 Å². The molecule has 0 saturated carbocycles. The molecule has 1 amide bonds. The zero-order valence-electron chi connectivity index (χ0n) is 15.3. The number of ether oxygens (including phenoxy) is 1. The molecule has 2 aromatic rings. The summed E-state index contributed by atoms with van der Waals surface area (Å²) in [6.45, 7) is 2.04. The minimum absolute atomic E-state index is 0.171. The van der Waals surface area contributed by atoms with Crippen LogP contribution in [0.2, 0.25) is 0 Å². The van der Waals surface area contributed by atoms with Gasteiger partial charge >= 0.3 is 5.97 Å². The van der Waals surface area contributed by atoms with E-state index < -0.39 is 22.4 Å². The summed E-state index contributed by atoms with van der Waals surface area (Å²) in [5.41, 5.74) is 1.93. The number of amides is 1. The van der Waals surface area contributed by atoms with Crippen LogP contribution < -0.4 is 10.2 Å². The Morgan fingerprint density at radius 3 is 2.54 bits per heavy atom. The Bertz CT molecular complexity index is 976. The molecule has 0 aromatic heterocycles. The van der Waals surface area contributed by atoms with Crippen LogP contribution in [0.4, 0.5) is 11.4 Å². The molecule has 0 saturated heterocycles. The van der Waals surface area contributed by atoms with Gasteiger partial charge in [-0.1, -0.05) is 18.2 Å². The number of esters is 1. The SMILES string of the molecule is CCOC(=O)c1ccc(NC(=O)C(C#N)=S2C=CN(c3ccccc3)C2)cc1. The highest BCUT2D eigenvalue weighted by atomic mass is 32.2. The molecule has 0 bridgehead atoms. The van der Waals surface area contributed by atoms with Crippen molar-refractivity contribution in [3.8, 4) is 6.07 Å². The number of carbonyl (C=O) groups is 2. The predicted molar refractivity (Wildman–Crippen MR) is 112 cm³/mol. The standard InChI is InChI=1S/C21H19N3O3S/c1-2-27-21(26)16-8-10-17(11-9-16)23-20(25)19(14-22)28-13-12-24(15-28)18-6-4-3-5-7-18/h3-13H,2,15H2,1H3,(H,23,25). The van der Waals surface area contributed by atoms with E-state index in [1.807, 2.05) is 52.9 Å². The highest BCUT2D eigenvalue weighted by molar-refractivity contribution is 8.20. The van der Waals surface area contributed by atoms with Gasteiger partial charge in [0.05, 0.1) is 18.0 Å². The monoisotopic (exact) mass is 393 g/mol. The summed E-state index contributed by atoms with van der Waals surface area (Å²) in [7, 11) is -0.599. The van der Waals surface area contributed by atoms with Crippen LogP contribution in [0.15, 0.2) is 66.2 Å². The molecule has 1 heterocycles. The highest BCUT2D eigenvalue weighted by Gasteiger charge is 2.19. The number of hydrogen-bond acceptors (Lipinski definition) is 5. The van der Waals surface area contributed by atoms with E-state index in [2.05, 4.69) is 5.32 Å². The second-order valence-electron chi connectivity index (χ2n) is 5.84. The van der Waals surface area contributed by atoms with Crippen molar-refractivity contribution in [3.05, 3.63) is 71.8 Å². The van der Waals surface area contributed by atoms with Crippen molar-refractivity contribution in [1.82, 2.24) is 0 Å². The first kappa shape index (κ1) is 19.4. The number of rotatable bonds is 5. The molecule has 1 unspecified atom stereocenters. The van der Waals surface area contributed by atoms with Gasteiger partial charge in [0.15, 0.2) is 0 Å². The van der Waals surface area contributed by atoms with E-state index in [1.54, 1.807) is 31.2 Å². The average Bonchev–Trinajstić information content (AvgIpc) is 3.20. The summed E-state index contributed by atoms with van der Waals surface area (Å²) in [6, 6.07) is 18.2. The van der Waals surface area contributed by atoms with Gasteiger partial charge in [0, 0.05) is 17.6 Å². The lowest BCUT2D eigenvalue weighted by Gasteiger charge is -2.15. The van der Waals surface area contributed by atoms with E-state index in [0.29, 0.717) is 23.7 Å². The average molecular weight is 393 g/mol. The first-order valence-corrected chi connectivity index (χ1v) is 10.1. The molecule has 3 rings (SSSR count). The van der Waals surface area contributed by atoms with Crippen LogP contribution in [-0.4, -0.2) is 29.2 Å². The van der Waals surface area contributed by atoms with Gasteiger partial charge in [0.1, 0.15) is 10.9 Å². The van der Waals surface area contributed by atoms with Crippen LogP contribution in [0.3, 0.4) is 0 Å². The lowest BCUT2D eigenvalue weighted by molar-refractivity contribution is -0.110. The van der Waals surface area contributed by atoms with E-state index in [9.17, 15) is 14.9 Å². The van der Waals surface area contributed by atoms with Gasteiger partial charge in [-0.25, -0.2) is 4.79 Å². The van der Waals surface area contributed by atoms with E-state index in [1.165, 1.54) is 0 Å². The van der Waals surface area contributed by atoms with Gasteiger partial charge in [-0.15, -0.1) is 10.5 Å². The van der Waals surface area contributed by atoms with E-state index in [0.717, 1.165) is 5.69 Å². The van der Waals surface area contributed by atoms with E-state index in [4.69, 9.17) is 4.74 Å². The minimum atomic E-state index is -0.599. The Morgan fingerprint density at radius 1 is 1.18 bits per heavy atom. The largest absolute Gasteiger partial charge is 0.462 e. The Labute approximate surface area is 166 Å². The van der Waals surface area contributed by atoms with Crippen molar-refractivity contribution in [1.29, 1.82) is 5.26 Å². The molecule has 6 nitrogen and oxygen atoms in total. The summed E-state index contributed by atoms with van der Waals surface area (Å²) < 4.78 is 4.93.